The number of methoxy groups -OCH3 is 1. The lowest BCUT2D eigenvalue weighted by molar-refractivity contribution is -0.145. The minimum atomic E-state index is -4.61. The van der Waals surface area contributed by atoms with E-state index in [2.05, 4.69) is 9.72 Å². The molecule has 1 rings (SSSR count). The lowest BCUT2D eigenvalue weighted by Crippen LogP contribution is -2.22. The molecule has 0 radical (unpaired) electrons. The van der Waals surface area contributed by atoms with Crippen LogP contribution in [0.15, 0.2) is 5.38 Å². The minimum Gasteiger partial charge on any atom is -0.469 e. The molecule has 0 aliphatic heterocycles. The number of halogens is 3. The second-order valence-corrected chi connectivity index (χ2v) is 4.25. The predicted octanol–water partition coefficient (Wildman–Crippen LogP) is 1.12. The van der Waals surface area contributed by atoms with Crippen LogP contribution in [0.4, 0.5) is 13.2 Å². The first-order valence-electron chi connectivity index (χ1n) is 4.71. The molecule has 0 spiro atoms. The summed E-state index contributed by atoms with van der Waals surface area (Å²) in [4.78, 5) is 14.0. The first-order valence-corrected chi connectivity index (χ1v) is 5.59. The van der Waals surface area contributed by atoms with Crippen LogP contribution in [-0.2, 0) is 15.7 Å². The zero-order valence-electron chi connectivity index (χ0n) is 9.14. The normalized spacial score (nSPS) is 15.2. The van der Waals surface area contributed by atoms with Crippen molar-refractivity contribution >= 4 is 17.3 Å². The molecule has 1 aromatic rings. The summed E-state index contributed by atoms with van der Waals surface area (Å²) in [7, 11) is 1.09. The lowest BCUT2D eigenvalue weighted by atomic mass is 10.1. The highest BCUT2D eigenvalue weighted by molar-refractivity contribution is 7.09. The molecule has 2 unspecified atom stereocenters. The van der Waals surface area contributed by atoms with E-state index in [4.69, 9.17) is 0 Å². The van der Waals surface area contributed by atoms with Crippen molar-refractivity contribution in [2.45, 2.75) is 24.8 Å². The van der Waals surface area contributed by atoms with E-state index >= 15 is 0 Å². The zero-order valence-corrected chi connectivity index (χ0v) is 9.96. The van der Waals surface area contributed by atoms with Crippen molar-refractivity contribution in [3.63, 3.8) is 0 Å². The van der Waals surface area contributed by atoms with Gasteiger partial charge in [0.15, 0.2) is 5.69 Å². The van der Waals surface area contributed by atoms with Crippen molar-refractivity contribution in [2.75, 3.05) is 7.11 Å². The Morgan fingerprint density at radius 3 is 2.61 bits per heavy atom. The number of carbonyl (C=O) groups is 1. The molecule has 2 N–H and O–H groups in total. The van der Waals surface area contributed by atoms with Gasteiger partial charge >= 0.3 is 12.1 Å². The number of rotatable bonds is 4. The smallest absolute Gasteiger partial charge is 0.434 e. The molecule has 0 bridgehead atoms. The van der Waals surface area contributed by atoms with E-state index < -0.39 is 36.5 Å². The molecule has 0 aromatic carbocycles. The summed E-state index contributed by atoms with van der Waals surface area (Å²) in [6.07, 6.45) is -8.37. The van der Waals surface area contributed by atoms with Gasteiger partial charge in [-0.2, -0.15) is 13.2 Å². The van der Waals surface area contributed by atoms with Gasteiger partial charge in [-0.3, -0.25) is 4.79 Å². The first-order chi connectivity index (χ1) is 8.25. The quantitative estimate of drug-likeness (QED) is 0.810. The summed E-state index contributed by atoms with van der Waals surface area (Å²) < 4.78 is 41.0. The summed E-state index contributed by atoms with van der Waals surface area (Å²) in [5.41, 5.74) is -1.15. The van der Waals surface area contributed by atoms with Gasteiger partial charge < -0.3 is 14.9 Å². The van der Waals surface area contributed by atoms with Crippen LogP contribution >= 0.6 is 11.3 Å². The molecule has 0 aliphatic carbocycles. The lowest BCUT2D eigenvalue weighted by Gasteiger charge is -2.14. The van der Waals surface area contributed by atoms with Crippen molar-refractivity contribution in [1.82, 2.24) is 4.98 Å². The fraction of sp³-hybridized carbons (Fsp3) is 0.556. The fourth-order valence-electron chi connectivity index (χ4n) is 1.08. The SMILES string of the molecule is COC(=O)CC(O)C(O)c1nc(C(F)(F)F)cs1. The van der Waals surface area contributed by atoms with Gasteiger partial charge in [-0.1, -0.05) is 0 Å². The zero-order chi connectivity index (χ0) is 13.9. The Hall–Kier alpha value is -1.19. The van der Waals surface area contributed by atoms with E-state index in [0.29, 0.717) is 11.3 Å². The summed E-state index contributed by atoms with van der Waals surface area (Å²) in [6, 6.07) is 0. The maximum Gasteiger partial charge on any atom is 0.434 e. The van der Waals surface area contributed by atoms with E-state index in [9.17, 15) is 28.2 Å². The van der Waals surface area contributed by atoms with E-state index in [1.54, 1.807) is 0 Å². The summed E-state index contributed by atoms with van der Waals surface area (Å²) in [5, 5.41) is 19.4. The van der Waals surface area contributed by atoms with Crippen LogP contribution in [0.1, 0.15) is 23.2 Å². The van der Waals surface area contributed by atoms with Crippen molar-refractivity contribution < 1.29 is 32.9 Å². The number of hydrogen-bond acceptors (Lipinski definition) is 6. The second kappa shape index (κ2) is 5.63. The molecule has 0 saturated carbocycles. The van der Waals surface area contributed by atoms with Gasteiger partial charge in [0.05, 0.1) is 19.6 Å². The first kappa shape index (κ1) is 14.9. The standard InChI is InChI=1S/C9H10F3NO4S/c1-17-6(15)2-4(14)7(16)8-13-5(3-18-8)9(10,11)12/h3-4,7,14,16H,2H2,1H3. The van der Waals surface area contributed by atoms with Crippen molar-refractivity contribution in [2.24, 2.45) is 0 Å². The van der Waals surface area contributed by atoms with Crippen LogP contribution in [0.5, 0.6) is 0 Å². The molecule has 1 heterocycles. The molecule has 5 nitrogen and oxygen atoms in total. The van der Waals surface area contributed by atoms with Gasteiger partial charge in [0.25, 0.3) is 0 Å². The molecular weight excluding hydrogens is 275 g/mol. The maximum absolute atomic E-state index is 12.3. The molecular formula is C9H10F3NO4S. The third kappa shape index (κ3) is 3.65. The third-order valence-electron chi connectivity index (χ3n) is 2.03. The van der Waals surface area contributed by atoms with Crippen molar-refractivity contribution in [3.05, 3.63) is 16.1 Å². The Bertz CT molecular complexity index is 420. The number of nitrogens with zero attached hydrogens (tertiary/aromatic N) is 1. The minimum absolute atomic E-state index is 0.307. The summed E-state index contributed by atoms with van der Waals surface area (Å²) in [6.45, 7) is 0. The predicted molar refractivity (Wildman–Crippen MR) is 54.7 cm³/mol. The van der Waals surface area contributed by atoms with Crippen LogP contribution in [0, 0.1) is 0 Å². The van der Waals surface area contributed by atoms with Crippen LogP contribution in [-0.4, -0.2) is 34.4 Å². The number of esters is 1. The van der Waals surface area contributed by atoms with Gasteiger partial charge in [0.2, 0.25) is 0 Å². The largest absolute Gasteiger partial charge is 0.469 e. The second-order valence-electron chi connectivity index (χ2n) is 3.36. The average Bonchev–Trinajstić information content (AvgIpc) is 2.76. The van der Waals surface area contributed by atoms with E-state index in [1.165, 1.54) is 0 Å². The fourth-order valence-corrected chi connectivity index (χ4v) is 1.95. The van der Waals surface area contributed by atoms with Gasteiger partial charge in [0.1, 0.15) is 11.1 Å². The van der Waals surface area contributed by atoms with Crippen molar-refractivity contribution in [3.8, 4) is 0 Å². The maximum atomic E-state index is 12.3. The molecule has 0 saturated heterocycles. The van der Waals surface area contributed by atoms with E-state index in [1.807, 2.05) is 0 Å². The van der Waals surface area contributed by atoms with Crippen molar-refractivity contribution in [1.29, 1.82) is 0 Å². The number of hydrogen-bond donors (Lipinski definition) is 2. The van der Waals surface area contributed by atoms with Crippen LogP contribution in [0.2, 0.25) is 0 Å². The number of aliphatic hydroxyl groups excluding tert-OH is 2. The van der Waals surface area contributed by atoms with Gasteiger partial charge in [-0.25, -0.2) is 4.98 Å². The Balaban J connectivity index is 2.75. The molecule has 0 amide bonds. The Morgan fingerprint density at radius 2 is 2.17 bits per heavy atom. The number of thiazole rings is 1. The van der Waals surface area contributed by atoms with Gasteiger partial charge in [-0.05, 0) is 0 Å². The Kier molecular flexibility index (Phi) is 4.65. The monoisotopic (exact) mass is 285 g/mol. The molecule has 18 heavy (non-hydrogen) atoms. The van der Waals surface area contributed by atoms with E-state index in [0.717, 1.165) is 12.5 Å². The molecule has 2 atom stereocenters. The highest BCUT2D eigenvalue weighted by atomic mass is 32.1. The van der Waals surface area contributed by atoms with Crippen LogP contribution in [0.25, 0.3) is 0 Å². The molecule has 0 fully saturated rings. The third-order valence-corrected chi connectivity index (χ3v) is 2.95. The van der Waals surface area contributed by atoms with Crippen LogP contribution in [0.3, 0.4) is 0 Å². The highest BCUT2D eigenvalue weighted by Gasteiger charge is 2.35. The average molecular weight is 285 g/mol. The number of carbonyl (C=O) groups excluding carboxylic acids is 1. The number of aliphatic hydroxyl groups is 2. The van der Waals surface area contributed by atoms with Crippen LogP contribution < -0.4 is 0 Å². The summed E-state index contributed by atoms with van der Waals surface area (Å²) in [5.74, 6) is -0.783. The molecule has 0 aliphatic rings. The Morgan fingerprint density at radius 1 is 1.56 bits per heavy atom. The number of ether oxygens (including phenoxy) is 1. The van der Waals surface area contributed by atoms with E-state index in [-0.39, 0.29) is 5.01 Å². The van der Waals surface area contributed by atoms with Gasteiger partial charge in [-0.15, -0.1) is 11.3 Å². The molecule has 102 valence electrons. The van der Waals surface area contributed by atoms with Gasteiger partial charge in [0, 0.05) is 5.38 Å². The number of alkyl halides is 3. The summed E-state index contributed by atoms with van der Waals surface area (Å²) >= 11 is 0.554. The number of aromatic nitrogens is 1. The highest BCUT2D eigenvalue weighted by Crippen LogP contribution is 2.32. The molecule has 9 heteroatoms. The molecule has 1 aromatic heterocycles. The Labute approximate surface area is 104 Å². The topological polar surface area (TPSA) is 79.7 Å².